The number of carbonyl (C=O) groups excluding carboxylic acids is 2. The van der Waals surface area contributed by atoms with E-state index in [0.717, 1.165) is 37.0 Å². The van der Waals surface area contributed by atoms with Crippen LogP contribution in [0.2, 0.25) is 0 Å². The first-order chi connectivity index (χ1) is 9.02. The van der Waals surface area contributed by atoms with Crippen molar-refractivity contribution >= 4 is 11.8 Å². The molecule has 106 valence electrons. The summed E-state index contributed by atoms with van der Waals surface area (Å²) in [5.41, 5.74) is -0.156. The van der Waals surface area contributed by atoms with Crippen LogP contribution >= 0.6 is 0 Å². The van der Waals surface area contributed by atoms with E-state index in [0.29, 0.717) is 0 Å². The van der Waals surface area contributed by atoms with Crippen LogP contribution in [0.4, 0.5) is 0 Å². The van der Waals surface area contributed by atoms with Gasteiger partial charge in [0.05, 0.1) is 0 Å². The number of rotatable bonds is 3. The molecule has 0 spiro atoms. The topological polar surface area (TPSA) is 58.2 Å². The van der Waals surface area contributed by atoms with Crippen LogP contribution in [0.15, 0.2) is 0 Å². The third-order valence-electron chi connectivity index (χ3n) is 5.51. The second-order valence-corrected chi connectivity index (χ2v) is 7.01. The number of hydrogen-bond acceptors (Lipinski definition) is 2. The Bertz CT molecular complexity index is 370. The number of amides is 2. The molecular weight excluding hydrogens is 240 g/mol. The molecule has 0 aromatic rings. The van der Waals surface area contributed by atoms with Crippen LogP contribution in [-0.4, -0.2) is 24.9 Å². The molecule has 0 unspecified atom stereocenters. The van der Waals surface area contributed by atoms with Gasteiger partial charge in [-0.1, -0.05) is 0 Å². The lowest BCUT2D eigenvalue weighted by Gasteiger charge is -2.55. The Morgan fingerprint density at radius 1 is 1.05 bits per heavy atom. The third kappa shape index (κ3) is 2.15. The van der Waals surface area contributed by atoms with E-state index in [4.69, 9.17) is 0 Å². The maximum absolute atomic E-state index is 12.6. The average Bonchev–Trinajstić information content (AvgIpc) is 2.36. The lowest BCUT2D eigenvalue weighted by Crippen LogP contribution is -2.56. The fraction of sp³-hybridized carbons (Fsp3) is 0.867. The van der Waals surface area contributed by atoms with Gasteiger partial charge in [0.2, 0.25) is 11.8 Å². The second-order valence-electron chi connectivity index (χ2n) is 7.01. The molecule has 0 radical (unpaired) electrons. The highest BCUT2D eigenvalue weighted by molar-refractivity contribution is 5.90. The number of likely N-dealkylation sites (N-methyl/N-ethyl adjacent to an activating group) is 1. The zero-order chi connectivity index (χ0) is 13.6. The van der Waals surface area contributed by atoms with E-state index in [-0.39, 0.29) is 17.2 Å². The van der Waals surface area contributed by atoms with Crippen molar-refractivity contribution in [3.63, 3.8) is 0 Å². The highest BCUT2D eigenvalue weighted by atomic mass is 16.2. The van der Waals surface area contributed by atoms with Gasteiger partial charge < -0.3 is 10.6 Å². The first kappa shape index (κ1) is 12.9. The zero-order valence-electron chi connectivity index (χ0n) is 11.9. The minimum absolute atomic E-state index is 0.113. The molecule has 4 rings (SSSR count). The molecule has 0 heterocycles. The third-order valence-corrected chi connectivity index (χ3v) is 5.51. The van der Waals surface area contributed by atoms with E-state index < -0.39 is 6.04 Å². The fourth-order valence-electron chi connectivity index (χ4n) is 5.02. The van der Waals surface area contributed by atoms with Gasteiger partial charge in [0.25, 0.3) is 0 Å². The Balaban J connectivity index is 1.71. The summed E-state index contributed by atoms with van der Waals surface area (Å²) in [7, 11) is 1.61. The molecule has 2 N–H and O–H groups in total. The maximum Gasteiger partial charge on any atom is 0.242 e. The Morgan fingerprint density at radius 3 is 1.95 bits per heavy atom. The molecule has 4 fully saturated rings. The van der Waals surface area contributed by atoms with E-state index in [1.54, 1.807) is 14.0 Å². The molecule has 0 aromatic carbocycles. The van der Waals surface area contributed by atoms with Crippen LogP contribution in [0.5, 0.6) is 0 Å². The molecule has 0 aliphatic heterocycles. The van der Waals surface area contributed by atoms with Crippen molar-refractivity contribution in [3.05, 3.63) is 0 Å². The van der Waals surface area contributed by atoms with E-state index >= 15 is 0 Å². The molecule has 0 saturated heterocycles. The predicted octanol–water partition coefficient (Wildman–Crippen LogP) is 1.45. The van der Waals surface area contributed by atoms with E-state index in [9.17, 15) is 9.59 Å². The van der Waals surface area contributed by atoms with Gasteiger partial charge in [-0.05, 0) is 63.2 Å². The van der Waals surface area contributed by atoms with Gasteiger partial charge in [0, 0.05) is 12.5 Å². The summed E-state index contributed by atoms with van der Waals surface area (Å²) in [6, 6.07) is -0.425. The van der Waals surface area contributed by atoms with Gasteiger partial charge in [-0.25, -0.2) is 0 Å². The SMILES string of the molecule is CNC(=O)[C@H](C)NC(=O)C12CC3CC(CC(C3)C1)C2. The molecule has 4 bridgehead atoms. The molecule has 0 aromatic heterocycles. The first-order valence-electron chi connectivity index (χ1n) is 7.55. The Labute approximate surface area is 114 Å². The molecule has 4 nitrogen and oxygen atoms in total. The van der Waals surface area contributed by atoms with Gasteiger partial charge in [-0.15, -0.1) is 0 Å². The summed E-state index contributed by atoms with van der Waals surface area (Å²) >= 11 is 0. The normalized spacial score (nSPS) is 40.8. The zero-order valence-corrected chi connectivity index (χ0v) is 11.9. The highest BCUT2D eigenvalue weighted by Crippen LogP contribution is 2.60. The van der Waals surface area contributed by atoms with Crippen molar-refractivity contribution < 1.29 is 9.59 Å². The van der Waals surface area contributed by atoms with Gasteiger partial charge in [-0.2, -0.15) is 0 Å². The van der Waals surface area contributed by atoms with Crippen molar-refractivity contribution in [3.8, 4) is 0 Å². The van der Waals surface area contributed by atoms with Gasteiger partial charge in [-0.3, -0.25) is 9.59 Å². The largest absolute Gasteiger partial charge is 0.357 e. The van der Waals surface area contributed by atoms with Crippen LogP contribution < -0.4 is 10.6 Å². The quantitative estimate of drug-likeness (QED) is 0.810. The minimum atomic E-state index is -0.425. The van der Waals surface area contributed by atoms with E-state index in [1.165, 1.54) is 19.3 Å². The lowest BCUT2D eigenvalue weighted by molar-refractivity contribution is -0.148. The van der Waals surface area contributed by atoms with Crippen molar-refractivity contribution in [2.24, 2.45) is 23.2 Å². The predicted molar refractivity (Wildman–Crippen MR) is 72.3 cm³/mol. The summed E-state index contributed by atoms with van der Waals surface area (Å²) < 4.78 is 0. The van der Waals surface area contributed by atoms with Crippen LogP contribution in [0, 0.1) is 23.2 Å². The summed E-state index contributed by atoms with van der Waals surface area (Å²) in [6.45, 7) is 1.76. The Morgan fingerprint density at radius 2 is 1.53 bits per heavy atom. The van der Waals surface area contributed by atoms with Crippen molar-refractivity contribution in [1.29, 1.82) is 0 Å². The fourth-order valence-corrected chi connectivity index (χ4v) is 5.02. The van der Waals surface area contributed by atoms with Crippen molar-refractivity contribution in [1.82, 2.24) is 10.6 Å². The van der Waals surface area contributed by atoms with Gasteiger partial charge in [0.1, 0.15) is 6.04 Å². The molecule has 4 aliphatic rings. The standard InChI is InChI=1S/C15H24N2O2/c1-9(13(18)16-2)17-14(19)15-6-10-3-11(7-15)5-12(4-10)8-15/h9-12H,3-8H2,1-2H3,(H,16,18)(H,17,19)/t9-,10?,11?,12?,15?/m0/s1. The first-order valence-corrected chi connectivity index (χ1v) is 7.55. The monoisotopic (exact) mass is 264 g/mol. The van der Waals surface area contributed by atoms with E-state index in [2.05, 4.69) is 10.6 Å². The Kier molecular flexibility index (Phi) is 3.06. The second kappa shape index (κ2) is 4.50. The molecule has 19 heavy (non-hydrogen) atoms. The summed E-state index contributed by atoms with van der Waals surface area (Å²) in [6.07, 6.45) is 7.13. The van der Waals surface area contributed by atoms with Crippen LogP contribution in [0.3, 0.4) is 0 Å². The highest BCUT2D eigenvalue weighted by Gasteiger charge is 2.54. The van der Waals surface area contributed by atoms with Crippen LogP contribution in [0.25, 0.3) is 0 Å². The smallest absolute Gasteiger partial charge is 0.242 e. The molecule has 2 amide bonds. The average molecular weight is 264 g/mol. The van der Waals surface area contributed by atoms with Crippen LogP contribution in [-0.2, 0) is 9.59 Å². The maximum atomic E-state index is 12.6. The minimum Gasteiger partial charge on any atom is -0.357 e. The van der Waals surface area contributed by atoms with Gasteiger partial charge >= 0.3 is 0 Å². The summed E-state index contributed by atoms with van der Waals surface area (Å²) in [5.74, 6) is 2.28. The molecule has 4 saturated carbocycles. The molecule has 1 atom stereocenters. The van der Waals surface area contributed by atoms with Crippen molar-refractivity contribution in [2.75, 3.05) is 7.05 Å². The number of nitrogens with one attached hydrogen (secondary N) is 2. The molecular formula is C15H24N2O2. The lowest BCUT2D eigenvalue weighted by atomic mass is 9.49. The summed E-state index contributed by atoms with van der Waals surface area (Å²) in [4.78, 5) is 24.2. The van der Waals surface area contributed by atoms with Gasteiger partial charge in [0.15, 0.2) is 0 Å². The van der Waals surface area contributed by atoms with Crippen LogP contribution in [0.1, 0.15) is 45.4 Å². The Hall–Kier alpha value is -1.06. The van der Waals surface area contributed by atoms with E-state index in [1.807, 2.05) is 0 Å². The summed E-state index contributed by atoms with van der Waals surface area (Å²) in [5, 5.41) is 5.53. The molecule has 4 heteroatoms. The molecule has 4 aliphatic carbocycles. The number of hydrogen-bond donors (Lipinski definition) is 2. The van der Waals surface area contributed by atoms with Crippen molar-refractivity contribution in [2.45, 2.75) is 51.5 Å². The number of carbonyl (C=O) groups is 2.